The van der Waals surface area contributed by atoms with Crippen molar-refractivity contribution in [1.82, 2.24) is 4.57 Å². The summed E-state index contributed by atoms with van der Waals surface area (Å²) >= 11 is 0. The van der Waals surface area contributed by atoms with Crippen LogP contribution < -0.4 is 4.90 Å². The van der Waals surface area contributed by atoms with Crippen LogP contribution in [0.4, 0.5) is 11.4 Å². The first kappa shape index (κ1) is 31.4. The van der Waals surface area contributed by atoms with Crippen molar-refractivity contribution in [2.24, 2.45) is 0 Å². The average Bonchev–Trinajstić information content (AvgIpc) is 3.67. The van der Waals surface area contributed by atoms with Crippen LogP contribution in [0.15, 0.2) is 188 Å². The van der Waals surface area contributed by atoms with E-state index in [1.807, 2.05) is 0 Å². The third-order valence-electron chi connectivity index (χ3n) is 11.5. The lowest BCUT2D eigenvalue weighted by atomic mass is 9.82. The largest absolute Gasteiger partial charge is 0.334 e. The molecular formula is C51H40N2. The molecule has 0 aliphatic heterocycles. The number of para-hydroxylation sites is 1. The van der Waals surface area contributed by atoms with E-state index in [0.29, 0.717) is 0 Å². The van der Waals surface area contributed by atoms with Crippen LogP contribution >= 0.6 is 0 Å². The lowest BCUT2D eigenvalue weighted by Crippen LogP contribution is -2.30. The molecule has 7 aromatic carbocycles. The third kappa shape index (κ3) is 5.09. The molecule has 0 fully saturated rings. The quantitative estimate of drug-likeness (QED) is 0.170. The van der Waals surface area contributed by atoms with Gasteiger partial charge >= 0.3 is 0 Å². The fourth-order valence-corrected chi connectivity index (χ4v) is 8.89. The summed E-state index contributed by atoms with van der Waals surface area (Å²) in [6, 6.07) is 60.7. The van der Waals surface area contributed by atoms with E-state index in [4.69, 9.17) is 0 Å². The molecule has 0 saturated carbocycles. The van der Waals surface area contributed by atoms with Crippen molar-refractivity contribution in [3.05, 3.63) is 199 Å². The lowest BCUT2D eigenvalue weighted by molar-refractivity contribution is 0.659. The van der Waals surface area contributed by atoms with Crippen LogP contribution in [-0.4, -0.2) is 10.6 Å². The summed E-state index contributed by atoms with van der Waals surface area (Å²) in [5, 5.41) is 3.78. The molecule has 0 N–H and O–H groups in total. The topological polar surface area (TPSA) is 8.17 Å². The van der Waals surface area contributed by atoms with Gasteiger partial charge in [-0.2, -0.15) is 0 Å². The van der Waals surface area contributed by atoms with Gasteiger partial charge in [-0.05, 0) is 93.0 Å². The fraction of sp³-hybridized carbons (Fsp3) is 0.0980. The number of fused-ring (bicyclic) bond motifs is 5. The van der Waals surface area contributed by atoms with Crippen molar-refractivity contribution in [2.45, 2.75) is 31.7 Å². The van der Waals surface area contributed by atoms with Crippen molar-refractivity contribution in [1.29, 1.82) is 0 Å². The zero-order chi connectivity index (χ0) is 35.5. The maximum absolute atomic E-state index is 2.53. The molecule has 2 heteroatoms. The Bertz CT molecular complexity index is 2730. The Morgan fingerprint density at radius 1 is 0.566 bits per heavy atom. The highest BCUT2D eigenvalue weighted by molar-refractivity contribution is 6.06. The van der Waals surface area contributed by atoms with Crippen molar-refractivity contribution in [3.63, 3.8) is 0 Å². The van der Waals surface area contributed by atoms with E-state index in [1.165, 1.54) is 83.4 Å². The first-order chi connectivity index (χ1) is 26.1. The smallest absolute Gasteiger partial charge is 0.0619 e. The van der Waals surface area contributed by atoms with Gasteiger partial charge in [-0.25, -0.2) is 0 Å². The molecule has 0 amide bonds. The minimum atomic E-state index is -0.202. The molecule has 0 spiro atoms. The highest BCUT2D eigenvalue weighted by Crippen LogP contribution is 2.52. The summed E-state index contributed by atoms with van der Waals surface area (Å²) in [5.41, 5.74) is 14.9. The summed E-state index contributed by atoms with van der Waals surface area (Å²) in [4.78, 5) is 2.53. The average molecular weight is 681 g/mol. The molecule has 53 heavy (non-hydrogen) atoms. The molecule has 2 aliphatic carbocycles. The van der Waals surface area contributed by atoms with E-state index in [9.17, 15) is 0 Å². The molecule has 0 saturated heterocycles. The van der Waals surface area contributed by atoms with Gasteiger partial charge in [0.15, 0.2) is 0 Å². The number of nitrogens with zero attached hydrogens (tertiary/aromatic N) is 2. The summed E-state index contributed by atoms with van der Waals surface area (Å²) in [7, 11) is 0. The van der Waals surface area contributed by atoms with E-state index < -0.39 is 0 Å². The number of hydrogen-bond donors (Lipinski definition) is 0. The molecule has 2 aliphatic rings. The van der Waals surface area contributed by atoms with Gasteiger partial charge in [0.05, 0.1) is 17.3 Å². The van der Waals surface area contributed by atoms with Crippen molar-refractivity contribution in [2.75, 3.05) is 4.90 Å². The van der Waals surface area contributed by atoms with Crippen LogP contribution in [0, 0.1) is 0 Å². The maximum atomic E-state index is 2.53. The summed E-state index contributed by atoms with van der Waals surface area (Å²) < 4.78 is 2.49. The van der Waals surface area contributed by atoms with Gasteiger partial charge in [-0.3, -0.25) is 0 Å². The van der Waals surface area contributed by atoms with Gasteiger partial charge < -0.3 is 9.47 Å². The number of anilines is 2. The summed E-state index contributed by atoms with van der Waals surface area (Å²) in [6.07, 6.45) is 9.94. The Hall–Kier alpha value is -6.38. The van der Waals surface area contributed by atoms with Gasteiger partial charge in [0.1, 0.15) is 0 Å². The Morgan fingerprint density at radius 3 is 1.98 bits per heavy atom. The van der Waals surface area contributed by atoms with Crippen LogP contribution in [0.3, 0.4) is 0 Å². The molecule has 1 aromatic heterocycles. The molecule has 1 heterocycles. The first-order valence-electron chi connectivity index (χ1n) is 18.7. The Balaban J connectivity index is 1.13. The lowest BCUT2D eigenvalue weighted by Gasteiger charge is -2.34. The van der Waals surface area contributed by atoms with Gasteiger partial charge in [-0.15, -0.1) is 0 Å². The zero-order valence-corrected chi connectivity index (χ0v) is 30.1. The van der Waals surface area contributed by atoms with Crippen LogP contribution in [0.1, 0.15) is 31.4 Å². The number of rotatable bonds is 6. The number of hydrogen-bond acceptors (Lipinski definition) is 1. The Morgan fingerprint density at radius 2 is 1.21 bits per heavy atom. The first-order valence-corrected chi connectivity index (χ1v) is 18.7. The highest BCUT2D eigenvalue weighted by atomic mass is 15.2. The third-order valence-corrected chi connectivity index (χ3v) is 11.5. The van der Waals surface area contributed by atoms with Gasteiger partial charge in [-0.1, -0.05) is 159 Å². The van der Waals surface area contributed by atoms with Gasteiger partial charge in [0, 0.05) is 33.4 Å². The van der Waals surface area contributed by atoms with E-state index in [-0.39, 0.29) is 11.5 Å². The van der Waals surface area contributed by atoms with Gasteiger partial charge in [0.2, 0.25) is 0 Å². The number of benzene rings is 7. The SMILES string of the molecule is CC1(C)c2cc(N(c3ccc4ccccc4c3)C3C=CC=CC3)ccc2-c2ccc(-n3c(-c4ccccc4)c(-c4ccccc4)c4ccccc43)cc21. The number of allylic oxidation sites excluding steroid dienone is 2. The van der Waals surface area contributed by atoms with E-state index >= 15 is 0 Å². The molecular weight excluding hydrogens is 641 g/mol. The predicted octanol–water partition coefficient (Wildman–Crippen LogP) is 13.4. The summed E-state index contributed by atoms with van der Waals surface area (Å²) in [5.74, 6) is 0. The highest BCUT2D eigenvalue weighted by Gasteiger charge is 2.37. The maximum Gasteiger partial charge on any atom is 0.0619 e. The normalized spacial score (nSPS) is 15.5. The second kappa shape index (κ2) is 12.4. The monoisotopic (exact) mass is 680 g/mol. The molecule has 10 rings (SSSR count). The molecule has 0 radical (unpaired) electrons. The fourth-order valence-electron chi connectivity index (χ4n) is 8.89. The molecule has 0 bridgehead atoms. The standard InChI is InChI=1S/C51H40N2/c1-51(2)46-33-41(52(39-22-10-5-11-23-39)40-27-26-35-16-12-13-21-38(35)32-40)28-30-43(46)44-31-29-42(34-47(44)51)53-48-25-15-14-24-45(48)49(36-17-6-3-7-18-36)50(53)37-19-8-4-9-20-37/h3-22,24-34,39H,23H2,1-2H3. The molecule has 2 nitrogen and oxygen atoms in total. The number of aromatic nitrogens is 1. The van der Waals surface area contributed by atoms with E-state index in [1.54, 1.807) is 0 Å². The Labute approximate surface area is 311 Å². The summed E-state index contributed by atoms with van der Waals surface area (Å²) in [6.45, 7) is 4.80. The zero-order valence-electron chi connectivity index (χ0n) is 30.1. The Kier molecular flexibility index (Phi) is 7.33. The van der Waals surface area contributed by atoms with Crippen molar-refractivity contribution in [3.8, 4) is 39.2 Å². The van der Waals surface area contributed by atoms with Gasteiger partial charge in [0.25, 0.3) is 0 Å². The van der Waals surface area contributed by atoms with Crippen molar-refractivity contribution < 1.29 is 0 Å². The molecule has 1 unspecified atom stereocenters. The minimum Gasteiger partial charge on any atom is -0.334 e. The van der Waals surface area contributed by atoms with Crippen LogP contribution in [-0.2, 0) is 5.41 Å². The second-order valence-electron chi connectivity index (χ2n) is 14.9. The second-order valence-corrected chi connectivity index (χ2v) is 14.9. The van der Waals surface area contributed by atoms with Crippen LogP contribution in [0.25, 0.3) is 60.9 Å². The van der Waals surface area contributed by atoms with Crippen LogP contribution in [0.2, 0.25) is 0 Å². The van der Waals surface area contributed by atoms with E-state index in [2.05, 4.69) is 211 Å². The minimum absolute atomic E-state index is 0.202. The van der Waals surface area contributed by atoms with Crippen LogP contribution in [0.5, 0.6) is 0 Å². The van der Waals surface area contributed by atoms with Crippen molar-refractivity contribution >= 4 is 33.1 Å². The van der Waals surface area contributed by atoms with E-state index in [0.717, 1.165) is 6.42 Å². The molecule has 1 atom stereocenters. The molecule has 8 aromatic rings. The predicted molar refractivity (Wildman–Crippen MR) is 224 cm³/mol. The molecule has 254 valence electrons.